The molecule has 1 unspecified atom stereocenters. The molecule has 1 aromatic heterocycles. The molecule has 1 heterocycles. The van der Waals surface area contributed by atoms with Crippen molar-refractivity contribution in [2.75, 3.05) is 0 Å². The molecule has 0 radical (unpaired) electrons. The van der Waals surface area contributed by atoms with Gasteiger partial charge in [-0.25, -0.2) is 9.78 Å². The molecule has 2 rings (SSSR count). The van der Waals surface area contributed by atoms with Crippen LogP contribution in [0.5, 0.6) is 0 Å². The van der Waals surface area contributed by atoms with E-state index in [0.717, 1.165) is 25.1 Å². The highest BCUT2D eigenvalue weighted by Crippen LogP contribution is 2.37. The average molecular weight is 293 g/mol. The molecule has 0 bridgehead atoms. The van der Waals surface area contributed by atoms with Crippen LogP contribution >= 0.6 is 0 Å². The van der Waals surface area contributed by atoms with Gasteiger partial charge in [-0.05, 0) is 32.1 Å². The number of alkyl carbamates (subject to hydrolysis) is 1. The second kappa shape index (κ2) is 6.74. The van der Waals surface area contributed by atoms with Gasteiger partial charge < -0.3 is 15.0 Å². The molecule has 0 saturated heterocycles. The molecule has 6 heteroatoms. The maximum absolute atomic E-state index is 11.7. The number of aromatic nitrogens is 2. The van der Waals surface area contributed by atoms with Gasteiger partial charge in [0.25, 0.3) is 5.56 Å². The summed E-state index contributed by atoms with van der Waals surface area (Å²) in [6.07, 6.45) is 2.35. The third-order valence-electron chi connectivity index (χ3n) is 3.30. The Morgan fingerprint density at radius 2 is 2.19 bits per heavy atom. The van der Waals surface area contributed by atoms with E-state index in [2.05, 4.69) is 29.1 Å². The van der Waals surface area contributed by atoms with E-state index >= 15 is 0 Å². The number of ether oxygens (including phenoxy) is 1. The zero-order valence-corrected chi connectivity index (χ0v) is 12.8. The second-order valence-electron chi connectivity index (χ2n) is 6.10. The van der Waals surface area contributed by atoms with Gasteiger partial charge in [-0.3, -0.25) is 4.79 Å². The summed E-state index contributed by atoms with van der Waals surface area (Å²) in [6.45, 7) is 6.24. The fraction of sp³-hybridized carbons (Fsp3) is 0.667. The number of hydrogen-bond acceptors (Lipinski definition) is 4. The van der Waals surface area contributed by atoms with Crippen LogP contribution < -0.4 is 10.9 Å². The predicted molar refractivity (Wildman–Crippen MR) is 79.1 cm³/mol. The van der Waals surface area contributed by atoms with Crippen LogP contribution in [-0.2, 0) is 11.3 Å². The minimum Gasteiger partial charge on any atom is -0.447 e. The van der Waals surface area contributed by atoms with Gasteiger partial charge in [0, 0.05) is 12.0 Å². The maximum Gasteiger partial charge on any atom is 0.407 e. The highest BCUT2D eigenvalue weighted by Gasteiger charge is 2.26. The van der Waals surface area contributed by atoms with E-state index in [1.165, 1.54) is 6.07 Å². The van der Waals surface area contributed by atoms with Gasteiger partial charge in [0.15, 0.2) is 0 Å². The Morgan fingerprint density at radius 1 is 1.48 bits per heavy atom. The zero-order valence-electron chi connectivity index (χ0n) is 12.8. The summed E-state index contributed by atoms with van der Waals surface area (Å²) in [5.74, 6) is 1.57. The lowest BCUT2D eigenvalue weighted by Gasteiger charge is -2.15. The Morgan fingerprint density at radius 3 is 2.81 bits per heavy atom. The van der Waals surface area contributed by atoms with Crippen LogP contribution in [0.25, 0.3) is 0 Å². The SMILES string of the molecule is CC(C)CC(C)OC(=O)NCc1cc(=O)[nH]c(C2CC2)n1. The number of rotatable bonds is 6. The van der Waals surface area contributed by atoms with Crippen LogP contribution in [0.3, 0.4) is 0 Å². The third-order valence-corrected chi connectivity index (χ3v) is 3.30. The predicted octanol–water partition coefficient (Wildman–Crippen LogP) is 2.31. The van der Waals surface area contributed by atoms with Crippen molar-refractivity contribution in [2.24, 2.45) is 5.92 Å². The van der Waals surface area contributed by atoms with Crippen LogP contribution in [0.15, 0.2) is 10.9 Å². The quantitative estimate of drug-likeness (QED) is 0.843. The molecule has 116 valence electrons. The topological polar surface area (TPSA) is 84.1 Å². The highest BCUT2D eigenvalue weighted by atomic mass is 16.6. The number of hydrogen-bond donors (Lipinski definition) is 2. The first-order chi connectivity index (χ1) is 9.94. The highest BCUT2D eigenvalue weighted by molar-refractivity contribution is 5.67. The van der Waals surface area contributed by atoms with Gasteiger partial charge in [0.2, 0.25) is 0 Å². The van der Waals surface area contributed by atoms with E-state index in [-0.39, 0.29) is 18.2 Å². The molecule has 1 atom stereocenters. The fourth-order valence-corrected chi connectivity index (χ4v) is 2.27. The molecular weight excluding hydrogens is 270 g/mol. The van der Waals surface area contributed by atoms with Gasteiger partial charge in [-0.15, -0.1) is 0 Å². The van der Waals surface area contributed by atoms with E-state index in [9.17, 15) is 9.59 Å². The van der Waals surface area contributed by atoms with Gasteiger partial charge >= 0.3 is 6.09 Å². The summed E-state index contributed by atoms with van der Waals surface area (Å²) in [6, 6.07) is 1.41. The summed E-state index contributed by atoms with van der Waals surface area (Å²) in [4.78, 5) is 30.3. The van der Waals surface area contributed by atoms with Crippen molar-refractivity contribution in [3.8, 4) is 0 Å². The van der Waals surface area contributed by atoms with Crippen LogP contribution in [0.4, 0.5) is 4.79 Å². The Bertz CT molecular complexity index is 549. The van der Waals surface area contributed by atoms with E-state index in [1.807, 2.05) is 6.92 Å². The van der Waals surface area contributed by atoms with E-state index in [1.54, 1.807) is 0 Å². The number of carbonyl (C=O) groups is 1. The molecule has 6 nitrogen and oxygen atoms in total. The number of carbonyl (C=O) groups excluding carboxylic acids is 1. The first-order valence-corrected chi connectivity index (χ1v) is 7.48. The molecule has 1 fully saturated rings. The Kier molecular flexibility index (Phi) is 4.98. The molecule has 1 aliphatic carbocycles. The molecule has 21 heavy (non-hydrogen) atoms. The monoisotopic (exact) mass is 293 g/mol. The standard InChI is InChI=1S/C15H23N3O3/c1-9(2)6-10(3)21-15(20)16-8-12-7-13(19)18-14(17-12)11-4-5-11/h7,9-11H,4-6,8H2,1-3H3,(H,16,20)(H,17,18,19). The van der Waals surface area contributed by atoms with Crippen molar-refractivity contribution in [3.63, 3.8) is 0 Å². The number of amides is 1. The lowest BCUT2D eigenvalue weighted by molar-refractivity contribution is 0.0948. The fourth-order valence-electron chi connectivity index (χ4n) is 2.27. The van der Waals surface area contributed by atoms with E-state index in [0.29, 0.717) is 17.5 Å². The van der Waals surface area contributed by atoms with Gasteiger partial charge in [0.05, 0.1) is 12.2 Å². The maximum atomic E-state index is 11.7. The van der Waals surface area contributed by atoms with Gasteiger partial charge in [0.1, 0.15) is 11.9 Å². The van der Waals surface area contributed by atoms with Crippen molar-refractivity contribution >= 4 is 6.09 Å². The summed E-state index contributed by atoms with van der Waals surface area (Å²) in [5, 5.41) is 2.64. The molecule has 1 saturated carbocycles. The molecule has 1 aromatic rings. The minimum absolute atomic E-state index is 0.126. The molecule has 1 amide bonds. The summed E-state index contributed by atoms with van der Waals surface area (Å²) >= 11 is 0. The summed E-state index contributed by atoms with van der Waals surface area (Å²) in [5.41, 5.74) is 0.388. The average Bonchev–Trinajstić information content (AvgIpc) is 3.18. The van der Waals surface area contributed by atoms with Crippen molar-refractivity contribution in [2.45, 2.75) is 58.6 Å². The number of nitrogens with one attached hydrogen (secondary N) is 2. The molecule has 0 spiro atoms. The molecule has 2 N–H and O–H groups in total. The normalized spacial score (nSPS) is 15.8. The smallest absolute Gasteiger partial charge is 0.407 e. The van der Waals surface area contributed by atoms with Gasteiger partial charge in [-0.2, -0.15) is 0 Å². The van der Waals surface area contributed by atoms with Crippen LogP contribution in [0.1, 0.15) is 57.5 Å². The van der Waals surface area contributed by atoms with E-state index in [4.69, 9.17) is 4.74 Å². The number of H-pyrrole nitrogens is 1. The number of aromatic amines is 1. The molecule has 0 aliphatic heterocycles. The molecule has 0 aromatic carbocycles. The Balaban J connectivity index is 1.85. The first kappa shape index (κ1) is 15.5. The third kappa shape index (κ3) is 5.21. The van der Waals surface area contributed by atoms with Crippen LogP contribution in [-0.4, -0.2) is 22.2 Å². The van der Waals surface area contributed by atoms with Crippen molar-refractivity contribution in [3.05, 3.63) is 27.9 Å². The minimum atomic E-state index is -0.474. The zero-order chi connectivity index (χ0) is 15.4. The Labute approximate surface area is 124 Å². The van der Waals surface area contributed by atoms with Gasteiger partial charge in [-0.1, -0.05) is 13.8 Å². The van der Waals surface area contributed by atoms with E-state index < -0.39 is 6.09 Å². The molecular formula is C15H23N3O3. The molecule has 1 aliphatic rings. The summed E-state index contributed by atoms with van der Waals surface area (Å²) < 4.78 is 5.24. The van der Waals surface area contributed by atoms with Crippen LogP contribution in [0, 0.1) is 5.92 Å². The van der Waals surface area contributed by atoms with Crippen molar-refractivity contribution < 1.29 is 9.53 Å². The Hall–Kier alpha value is -1.85. The van der Waals surface area contributed by atoms with Crippen molar-refractivity contribution in [1.29, 1.82) is 0 Å². The largest absolute Gasteiger partial charge is 0.447 e. The lowest BCUT2D eigenvalue weighted by Crippen LogP contribution is -2.29. The lowest BCUT2D eigenvalue weighted by atomic mass is 10.1. The van der Waals surface area contributed by atoms with Crippen LogP contribution in [0.2, 0.25) is 0 Å². The second-order valence-corrected chi connectivity index (χ2v) is 6.10. The van der Waals surface area contributed by atoms with Crippen molar-refractivity contribution in [1.82, 2.24) is 15.3 Å². The first-order valence-electron chi connectivity index (χ1n) is 7.48. The number of nitrogens with zero attached hydrogens (tertiary/aromatic N) is 1. The summed E-state index contributed by atoms with van der Waals surface area (Å²) in [7, 11) is 0.